The van der Waals surface area contributed by atoms with E-state index in [-0.39, 0.29) is 12.5 Å². The molecule has 0 radical (unpaired) electrons. The Morgan fingerprint density at radius 2 is 2.47 bits per heavy atom. The Morgan fingerprint density at radius 1 is 1.58 bits per heavy atom. The van der Waals surface area contributed by atoms with Gasteiger partial charge in [-0.25, -0.2) is 0 Å². The molecule has 0 saturated heterocycles. The third-order valence-corrected chi connectivity index (χ3v) is 3.07. The van der Waals surface area contributed by atoms with Gasteiger partial charge in [0.1, 0.15) is 6.54 Å². The summed E-state index contributed by atoms with van der Waals surface area (Å²) in [5.74, 6) is 0.432. The van der Waals surface area contributed by atoms with E-state index in [0.29, 0.717) is 12.4 Å². The van der Waals surface area contributed by atoms with Crippen molar-refractivity contribution >= 4 is 17.2 Å². The van der Waals surface area contributed by atoms with Crippen molar-refractivity contribution in [2.45, 2.75) is 19.9 Å². The second-order valence-corrected chi connectivity index (χ2v) is 4.64. The van der Waals surface area contributed by atoms with Crippen LogP contribution < -0.4 is 5.32 Å². The first-order chi connectivity index (χ1) is 9.29. The molecule has 0 aromatic carbocycles. The van der Waals surface area contributed by atoms with Gasteiger partial charge in [-0.1, -0.05) is 12.2 Å². The average molecular weight is 277 g/mol. The number of hydrogen-bond donors (Lipinski definition) is 1. The van der Waals surface area contributed by atoms with Gasteiger partial charge in [-0.15, -0.1) is 10.2 Å². The van der Waals surface area contributed by atoms with Crippen molar-refractivity contribution in [2.75, 3.05) is 6.54 Å². The van der Waals surface area contributed by atoms with Crippen LogP contribution in [0.3, 0.4) is 0 Å². The zero-order valence-electron chi connectivity index (χ0n) is 10.6. The minimum atomic E-state index is -0.112. The summed E-state index contributed by atoms with van der Waals surface area (Å²) in [5.41, 5.74) is 0.921. The number of amides is 1. The molecule has 1 amide bonds. The van der Waals surface area contributed by atoms with E-state index in [1.54, 1.807) is 11.3 Å². The molecular formula is C12H15N5OS. The second-order valence-electron chi connectivity index (χ2n) is 3.86. The lowest BCUT2D eigenvalue weighted by Crippen LogP contribution is -2.29. The van der Waals surface area contributed by atoms with Crippen molar-refractivity contribution in [2.24, 2.45) is 0 Å². The number of thiophene rings is 1. The van der Waals surface area contributed by atoms with E-state index in [1.807, 2.05) is 35.9 Å². The molecule has 2 aromatic rings. The predicted octanol–water partition coefficient (Wildman–Crippen LogP) is 1.48. The number of tetrazole rings is 1. The fourth-order valence-corrected chi connectivity index (χ4v) is 2.10. The molecular weight excluding hydrogens is 262 g/mol. The zero-order chi connectivity index (χ0) is 13.5. The molecule has 2 aromatic heterocycles. The van der Waals surface area contributed by atoms with E-state index in [1.165, 1.54) is 4.80 Å². The molecule has 2 heterocycles. The summed E-state index contributed by atoms with van der Waals surface area (Å²) < 4.78 is 0. The molecule has 0 atom stereocenters. The van der Waals surface area contributed by atoms with Crippen molar-refractivity contribution < 1.29 is 4.79 Å². The highest BCUT2D eigenvalue weighted by Crippen LogP contribution is 2.16. The van der Waals surface area contributed by atoms with Gasteiger partial charge < -0.3 is 5.32 Å². The van der Waals surface area contributed by atoms with Crippen LogP contribution in [0, 0.1) is 0 Å². The Morgan fingerprint density at radius 3 is 3.21 bits per heavy atom. The van der Waals surface area contributed by atoms with E-state index in [4.69, 9.17) is 0 Å². The monoisotopic (exact) mass is 277 g/mol. The minimum Gasteiger partial charge on any atom is -0.354 e. The summed E-state index contributed by atoms with van der Waals surface area (Å²) in [6.45, 7) is 2.66. The molecule has 1 N–H and O–H groups in total. The molecule has 7 heteroatoms. The number of carbonyl (C=O) groups is 1. The van der Waals surface area contributed by atoms with E-state index >= 15 is 0 Å². The first kappa shape index (κ1) is 13.4. The van der Waals surface area contributed by atoms with Gasteiger partial charge in [0.25, 0.3) is 0 Å². The summed E-state index contributed by atoms with van der Waals surface area (Å²) >= 11 is 1.57. The fourth-order valence-electron chi connectivity index (χ4n) is 1.46. The highest BCUT2D eigenvalue weighted by atomic mass is 32.1. The van der Waals surface area contributed by atoms with E-state index in [0.717, 1.165) is 12.0 Å². The maximum Gasteiger partial charge on any atom is 0.243 e. The number of nitrogens with zero attached hydrogens (tertiary/aromatic N) is 4. The molecule has 6 nitrogen and oxygen atoms in total. The molecule has 2 rings (SSSR count). The fraction of sp³-hybridized carbons (Fsp3) is 0.333. The van der Waals surface area contributed by atoms with E-state index < -0.39 is 0 Å². The van der Waals surface area contributed by atoms with Crippen LogP contribution in [-0.4, -0.2) is 32.7 Å². The highest BCUT2D eigenvalue weighted by Gasteiger charge is 2.08. The molecule has 0 fully saturated rings. The van der Waals surface area contributed by atoms with Crippen LogP contribution in [0.5, 0.6) is 0 Å². The summed E-state index contributed by atoms with van der Waals surface area (Å²) in [5, 5.41) is 18.6. The van der Waals surface area contributed by atoms with Gasteiger partial charge >= 0.3 is 0 Å². The third kappa shape index (κ3) is 3.99. The number of rotatable bonds is 6. The van der Waals surface area contributed by atoms with Gasteiger partial charge in [0.2, 0.25) is 11.7 Å². The van der Waals surface area contributed by atoms with Gasteiger partial charge in [0, 0.05) is 17.5 Å². The Hall–Kier alpha value is -2.02. The van der Waals surface area contributed by atoms with Crippen LogP contribution in [0.2, 0.25) is 0 Å². The number of hydrogen-bond acceptors (Lipinski definition) is 5. The van der Waals surface area contributed by atoms with Gasteiger partial charge in [0.05, 0.1) is 0 Å². The smallest absolute Gasteiger partial charge is 0.243 e. The maximum absolute atomic E-state index is 11.6. The first-order valence-electron chi connectivity index (χ1n) is 5.98. The number of carbonyl (C=O) groups excluding carboxylic acids is 1. The predicted molar refractivity (Wildman–Crippen MR) is 73.6 cm³/mol. The normalized spacial score (nSPS) is 11.0. The van der Waals surface area contributed by atoms with E-state index in [9.17, 15) is 4.79 Å². The molecule has 0 unspecified atom stereocenters. The van der Waals surface area contributed by atoms with Crippen molar-refractivity contribution in [1.29, 1.82) is 0 Å². The summed E-state index contributed by atoms with van der Waals surface area (Å²) in [6, 6.07) is 1.92. The highest BCUT2D eigenvalue weighted by molar-refractivity contribution is 7.08. The Labute approximate surface area is 115 Å². The second kappa shape index (κ2) is 6.79. The SMILES string of the molecule is C/C=C/CCNC(=O)Cn1nnc(-c2ccsc2)n1. The molecule has 100 valence electrons. The molecule has 0 aliphatic carbocycles. The molecule has 0 saturated carbocycles. The van der Waals surface area contributed by atoms with Crippen LogP contribution in [0.25, 0.3) is 11.4 Å². The number of nitrogens with one attached hydrogen (secondary N) is 1. The number of aromatic nitrogens is 4. The van der Waals surface area contributed by atoms with Crippen LogP contribution in [-0.2, 0) is 11.3 Å². The van der Waals surface area contributed by atoms with Gasteiger partial charge in [-0.3, -0.25) is 4.79 Å². The quantitative estimate of drug-likeness (QED) is 0.641. The average Bonchev–Trinajstić information content (AvgIpc) is 3.04. The topological polar surface area (TPSA) is 72.7 Å². The Balaban J connectivity index is 1.84. The Kier molecular flexibility index (Phi) is 4.79. The van der Waals surface area contributed by atoms with Gasteiger partial charge in [0.15, 0.2) is 0 Å². The van der Waals surface area contributed by atoms with Gasteiger partial charge in [-0.2, -0.15) is 16.1 Å². The van der Waals surface area contributed by atoms with Gasteiger partial charge in [-0.05, 0) is 30.0 Å². The molecule has 0 aliphatic heterocycles. The summed E-state index contributed by atoms with van der Waals surface area (Å²) in [7, 11) is 0. The summed E-state index contributed by atoms with van der Waals surface area (Å²) in [4.78, 5) is 12.9. The first-order valence-corrected chi connectivity index (χ1v) is 6.92. The molecule has 0 bridgehead atoms. The van der Waals surface area contributed by atoms with Crippen LogP contribution >= 0.6 is 11.3 Å². The van der Waals surface area contributed by atoms with Crippen LogP contribution in [0.4, 0.5) is 0 Å². The standard InChI is InChI=1S/C12H15N5OS/c1-2-3-4-6-13-11(18)8-17-15-12(14-16-17)10-5-7-19-9-10/h2-3,5,7,9H,4,6,8H2,1H3,(H,13,18)/b3-2+. The van der Waals surface area contributed by atoms with Crippen molar-refractivity contribution in [3.05, 3.63) is 29.0 Å². The van der Waals surface area contributed by atoms with Crippen molar-refractivity contribution in [3.8, 4) is 11.4 Å². The lowest BCUT2D eigenvalue weighted by Gasteiger charge is -2.01. The minimum absolute atomic E-state index is 0.0903. The Bertz CT molecular complexity index is 546. The lowest BCUT2D eigenvalue weighted by molar-refractivity contribution is -0.122. The third-order valence-electron chi connectivity index (χ3n) is 2.39. The van der Waals surface area contributed by atoms with E-state index in [2.05, 4.69) is 20.7 Å². The molecule has 0 aliphatic rings. The maximum atomic E-state index is 11.6. The largest absolute Gasteiger partial charge is 0.354 e. The summed E-state index contributed by atoms with van der Waals surface area (Å²) in [6.07, 6.45) is 4.79. The van der Waals surface area contributed by atoms with Crippen LogP contribution in [0.1, 0.15) is 13.3 Å². The number of allylic oxidation sites excluding steroid dienone is 1. The van der Waals surface area contributed by atoms with Crippen molar-refractivity contribution in [1.82, 2.24) is 25.5 Å². The van der Waals surface area contributed by atoms with Crippen LogP contribution in [0.15, 0.2) is 29.0 Å². The lowest BCUT2D eigenvalue weighted by atomic mass is 10.3. The molecule has 0 spiro atoms. The molecule has 19 heavy (non-hydrogen) atoms. The van der Waals surface area contributed by atoms with Crippen molar-refractivity contribution in [3.63, 3.8) is 0 Å². The zero-order valence-corrected chi connectivity index (χ0v) is 11.4.